The molecule has 3 aliphatic heterocycles. The Kier molecular flexibility index (Phi) is 4.14. The van der Waals surface area contributed by atoms with Crippen LogP contribution < -0.4 is 5.73 Å². The summed E-state index contributed by atoms with van der Waals surface area (Å²) in [6.07, 6.45) is -0.676. The predicted octanol–water partition coefficient (Wildman–Crippen LogP) is -2.38. The minimum absolute atomic E-state index is 0.0663. The maximum Gasteiger partial charge on any atom is 0.491 e. The number of nitrogens with zero attached hydrogens (tertiary/aromatic N) is 4. The molecule has 0 saturated carbocycles. The summed E-state index contributed by atoms with van der Waals surface area (Å²) in [6.45, 7) is -0.359. The number of hydrogen-bond donors (Lipinski definition) is 5. The number of nitrogens with two attached hydrogens (primary N) is 1. The van der Waals surface area contributed by atoms with Crippen molar-refractivity contribution in [1.82, 2.24) is 9.96 Å². The molecule has 0 aliphatic carbocycles. The maximum atomic E-state index is 11.1. The number of ether oxygens (including phenoxy) is 1. The number of hydrogen-bond acceptors (Lipinski definition) is 10. The van der Waals surface area contributed by atoms with Gasteiger partial charge in [0.15, 0.2) is 12.0 Å². The topological polar surface area (TPSA) is 174 Å². The molecule has 0 aromatic rings. The van der Waals surface area contributed by atoms with Crippen LogP contribution in [-0.2, 0) is 13.9 Å². The van der Waals surface area contributed by atoms with Gasteiger partial charge in [-0.1, -0.05) is 0 Å². The van der Waals surface area contributed by atoms with Crippen molar-refractivity contribution < 1.29 is 33.9 Å². The van der Waals surface area contributed by atoms with Crippen LogP contribution in [0.1, 0.15) is 6.42 Å². The third-order valence-corrected chi connectivity index (χ3v) is 3.99. The van der Waals surface area contributed by atoms with E-state index < -0.39 is 32.4 Å². The average Bonchev–Trinajstić information content (AvgIpc) is 3.04. The van der Waals surface area contributed by atoms with Crippen LogP contribution >= 0.6 is 7.82 Å². The van der Waals surface area contributed by atoms with Gasteiger partial charge in [-0.2, -0.15) is 4.62 Å². The summed E-state index contributed by atoms with van der Waals surface area (Å²) in [5, 5.41) is 19.8. The SMILES string of the molecule is NC1=C2N=CN([C@H]3C[C@H](O)[C@@H](CO)O3)C2N(OP(=O)(O)O)C=N1. The Morgan fingerprint density at radius 2 is 2.17 bits per heavy atom. The lowest BCUT2D eigenvalue weighted by molar-refractivity contribution is -0.117. The van der Waals surface area contributed by atoms with Crippen molar-refractivity contribution in [2.75, 3.05) is 6.61 Å². The third kappa shape index (κ3) is 3.10. The fourth-order valence-corrected chi connectivity index (χ4v) is 2.96. The van der Waals surface area contributed by atoms with E-state index in [1.54, 1.807) is 0 Å². The highest BCUT2D eigenvalue weighted by molar-refractivity contribution is 7.46. The van der Waals surface area contributed by atoms with Gasteiger partial charge in [-0.05, 0) is 0 Å². The van der Waals surface area contributed by atoms with Crippen molar-refractivity contribution in [3.05, 3.63) is 11.5 Å². The molecule has 1 saturated heterocycles. The van der Waals surface area contributed by atoms with Gasteiger partial charge in [0.2, 0.25) is 0 Å². The van der Waals surface area contributed by atoms with Crippen molar-refractivity contribution in [3.8, 4) is 0 Å². The molecule has 0 spiro atoms. The van der Waals surface area contributed by atoms with Crippen LogP contribution in [0.3, 0.4) is 0 Å². The van der Waals surface area contributed by atoms with Gasteiger partial charge in [0.05, 0.1) is 19.0 Å². The summed E-state index contributed by atoms with van der Waals surface area (Å²) in [5.41, 5.74) is 5.95. The van der Waals surface area contributed by atoms with Gasteiger partial charge in [-0.3, -0.25) is 0 Å². The monoisotopic (exact) mass is 349 g/mol. The molecule has 0 amide bonds. The van der Waals surface area contributed by atoms with Crippen molar-refractivity contribution in [1.29, 1.82) is 0 Å². The molecular formula is C10H16N5O7P. The molecule has 4 atom stereocenters. The Bertz CT molecular complexity index is 619. The molecular weight excluding hydrogens is 333 g/mol. The van der Waals surface area contributed by atoms with E-state index >= 15 is 0 Å². The smallest absolute Gasteiger partial charge is 0.394 e. The van der Waals surface area contributed by atoms with Gasteiger partial charge >= 0.3 is 7.82 Å². The molecule has 0 aromatic carbocycles. The zero-order chi connectivity index (χ0) is 16.8. The predicted molar refractivity (Wildman–Crippen MR) is 75.2 cm³/mol. The molecule has 128 valence electrons. The van der Waals surface area contributed by atoms with Crippen LogP contribution in [0.2, 0.25) is 0 Å². The number of phosphoric acid groups is 1. The van der Waals surface area contributed by atoms with Crippen molar-refractivity contribution in [3.63, 3.8) is 0 Å². The highest BCUT2D eigenvalue weighted by atomic mass is 31.2. The number of hydroxylamine groups is 2. The van der Waals surface area contributed by atoms with E-state index in [0.717, 1.165) is 11.4 Å². The highest BCUT2D eigenvalue weighted by Gasteiger charge is 2.45. The molecule has 6 N–H and O–H groups in total. The number of aliphatic imine (C=N–C) groups is 2. The van der Waals surface area contributed by atoms with Crippen LogP contribution in [0, 0.1) is 0 Å². The van der Waals surface area contributed by atoms with Gasteiger partial charge in [0, 0.05) is 6.42 Å². The number of aliphatic hydroxyl groups is 2. The van der Waals surface area contributed by atoms with Gasteiger partial charge in [0.25, 0.3) is 0 Å². The summed E-state index contributed by atoms with van der Waals surface area (Å²) >= 11 is 0. The molecule has 0 aromatic heterocycles. The second-order valence-corrected chi connectivity index (χ2v) is 6.27. The minimum Gasteiger partial charge on any atom is -0.394 e. The standard InChI is InChI=1S/C10H16N5O7P/c11-9-8-10(15(4-13-9)22-23(18,19)20)14(3-12-8)7-1-5(17)6(2-16)21-7/h3-7,10,16-17H,1-2,11H2,(H2,18,19,20)/t5-,6+,7+,10?/m0/s1. The second kappa shape index (κ2) is 5.83. The van der Waals surface area contributed by atoms with Gasteiger partial charge in [-0.25, -0.2) is 19.6 Å². The third-order valence-electron chi connectivity index (χ3n) is 3.59. The first kappa shape index (κ1) is 16.3. The summed E-state index contributed by atoms with van der Waals surface area (Å²) in [4.78, 5) is 27.3. The minimum atomic E-state index is -4.83. The molecule has 13 heteroatoms. The molecule has 3 aliphatic rings. The van der Waals surface area contributed by atoms with Crippen LogP contribution in [0.4, 0.5) is 0 Å². The van der Waals surface area contributed by atoms with Gasteiger partial charge < -0.3 is 35.4 Å². The van der Waals surface area contributed by atoms with Crippen molar-refractivity contribution in [2.24, 2.45) is 15.7 Å². The fourth-order valence-electron chi connectivity index (χ4n) is 2.58. The van der Waals surface area contributed by atoms with E-state index in [4.69, 9.17) is 25.4 Å². The molecule has 0 bridgehead atoms. The number of aliphatic hydroxyl groups excluding tert-OH is 2. The van der Waals surface area contributed by atoms with E-state index in [0.29, 0.717) is 0 Å². The summed E-state index contributed by atoms with van der Waals surface area (Å²) in [7, 11) is -4.83. The lowest BCUT2D eigenvalue weighted by Gasteiger charge is -2.36. The van der Waals surface area contributed by atoms with Crippen LogP contribution in [0.5, 0.6) is 0 Å². The Morgan fingerprint density at radius 3 is 2.78 bits per heavy atom. The molecule has 0 radical (unpaired) electrons. The molecule has 23 heavy (non-hydrogen) atoms. The molecule has 1 fully saturated rings. The number of rotatable bonds is 4. The Balaban J connectivity index is 1.84. The lowest BCUT2D eigenvalue weighted by Crippen LogP contribution is -2.51. The zero-order valence-corrected chi connectivity index (χ0v) is 12.6. The summed E-state index contributed by atoms with van der Waals surface area (Å²) in [6, 6.07) is 0. The highest BCUT2D eigenvalue weighted by Crippen LogP contribution is 2.41. The Morgan fingerprint density at radius 1 is 1.43 bits per heavy atom. The fraction of sp³-hybridized carbons (Fsp3) is 0.600. The van der Waals surface area contributed by atoms with Crippen LogP contribution in [-0.4, -0.2) is 73.8 Å². The first-order valence-corrected chi connectivity index (χ1v) is 8.16. The van der Waals surface area contributed by atoms with E-state index in [1.807, 2.05) is 0 Å². The molecule has 1 unspecified atom stereocenters. The first-order valence-electron chi connectivity index (χ1n) is 6.63. The first-order chi connectivity index (χ1) is 10.8. The summed E-state index contributed by atoms with van der Waals surface area (Å²) < 4.78 is 21.2. The van der Waals surface area contributed by atoms with E-state index in [2.05, 4.69) is 14.6 Å². The van der Waals surface area contributed by atoms with Crippen molar-refractivity contribution in [2.45, 2.75) is 31.0 Å². The average molecular weight is 349 g/mol. The van der Waals surface area contributed by atoms with E-state index in [1.165, 1.54) is 11.2 Å². The molecule has 3 rings (SSSR count). The van der Waals surface area contributed by atoms with Gasteiger partial charge in [0.1, 0.15) is 24.4 Å². The Labute approximate surface area is 130 Å². The van der Waals surface area contributed by atoms with Crippen LogP contribution in [0.25, 0.3) is 0 Å². The summed E-state index contributed by atoms with van der Waals surface area (Å²) in [5.74, 6) is 0.0663. The lowest BCUT2D eigenvalue weighted by atomic mass is 10.2. The largest absolute Gasteiger partial charge is 0.491 e. The zero-order valence-electron chi connectivity index (χ0n) is 11.7. The normalized spacial score (nSPS) is 33.7. The molecule has 12 nitrogen and oxygen atoms in total. The van der Waals surface area contributed by atoms with Gasteiger partial charge in [-0.15, -0.1) is 0 Å². The van der Waals surface area contributed by atoms with Crippen molar-refractivity contribution >= 4 is 20.5 Å². The van der Waals surface area contributed by atoms with E-state index in [9.17, 15) is 9.67 Å². The van der Waals surface area contributed by atoms with Crippen LogP contribution in [0.15, 0.2) is 21.5 Å². The Hall–Kier alpha value is -1.53. The molecule has 3 heterocycles. The quantitative estimate of drug-likeness (QED) is 0.345. The maximum absolute atomic E-state index is 11.1. The number of fused-ring (bicyclic) bond motifs is 1. The second-order valence-electron chi connectivity index (χ2n) is 5.13. The van der Waals surface area contributed by atoms with E-state index in [-0.39, 0.29) is 24.5 Å².